The van der Waals surface area contributed by atoms with Crippen LogP contribution in [0, 0.1) is 0 Å². The minimum absolute atomic E-state index is 0.328. The first-order chi connectivity index (χ1) is 6.72. The molecule has 80 valence electrons. The number of nitrogens with zero attached hydrogens (tertiary/aromatic N) is 2. The maximum atomic E-state index is 5.86. The van der Waals surface area contributed by atoms with Crippen molar-refractivity contribution < 1.29 is 4.74 Å². The Bertz CT molecular complexity index is 242. The van der Waals surface area contributed by atoms with Gasteiger partial charge in [0.05, 0.1) is 24.8 Å². The topological polar surface area (TPSA) is 50.8 Å². The van der Waals surface area contributed by atoms with E-state index in [2.05, 4.69) is 23.7 Å². The molecule has 0 aromatic carbocycles. The highest BCUT2D eigenvalue weighted by atomic mass is 16.5. The number of aliphatic imine (C=N–C) groups is 1. The molecule has 0 aliphatic carbocycles. The first-order valence-electron chi connectivity index (χ1n) is 5.44. The molecule has 2 rings (SSSR count). The summed E-state index contributed by atoms with van der Waals surface area (Å²) in [6.45, 7) is 5.97. The third-order valence-electron chi connectivity index (χ3n) is 3.17. The van der Waals surface area contributed by atoms with Crippen LogP contribution in [0.2, 0.25) is 0 Å². The zero-order chi connectivity index (χ0) is 10.1. The second kappa shape index (κ2) is 3.77. The number of ether oxygens (including phenoxy) is 1. The highest BCUT2D eigenvalue weighted by Crippen LogP contribution is 2.26. The normalized spacial score (nSPS) is 37.7. The molecule has 2 N–H and O–H groups in total. The molecule has 0 radical (unpaired) electrons. The van der Waals surface area contributed by atoms with E-state index in [4.69, 9.17) is 10.5 Å². The molecule has 0 aromatic heterocycles. The van der Waals surface area contributed by atoms with Crippen LogP contribution in [0.4, 0.5) is 0 Å². The molecule has 2 heterocycles. The summed E-state index contributed by atoms with van der Waals surface area (Å²) in [4.78, 5) is 6.44. The number of nitrogens with two attached hydrogens (primary N) is 1. The van der Waals surface area contributed by atoms with E-state index >= 15 is 0 Å². The monoisotopic (exact) mass is 197 g/mol. The largest absolute Gasteiger partial charge is 0.373 e. The van der Waals surface area contributed by atoms with E-state index < -0.39 is 0 Å². The van der Waals surface area contributed by atoms with Gasteiger partial charge in [0.2, 0.25) is 0 Å². The summed E-state index contributed by atoms with van der Waals surface area (Å²) in [5.41, 5.74) is 5.80. The van der Waals surface area contributed by atoms with Crippen LogP contribution >= 0.6 is 0 Å². The summed E-state index contributed by atoms with van der Waals surface area (Å²) in [5, 5.41) is 0. The van der Waals surface area contributed by atoms with Crippen molar-refractivity contribution in [2.75, 3.05) is 13.1 Å². The fourth-order valence-electron chi connectivity index (χ4n) is 2.38. The lowest BCUT2D eigenvalue weighted by molar-refractivity contribution is 0.0179. The Morgan fingerprint density at radius 3 is 2.93 bits per heavy atom. The van der Waals surface area contributed by atoms with Gasteiger partial charge in [0.15, 0.2) is 5.96 Å². The summed E-state index contributed by atoms with van der Waals surface area (Å²) in [5.74, 6) is 0.681. The smallest absolute Gasteiger partial charge is 0.191 e. The molecular weight excluding hydrogens is 178 g/mol. The Morgan fingerprint density at radius 1 is 1.57 bits per heavy atom. The van der Waals surface area contributed by atoms with Crippen LogP contribution in [-0.2, 0) is 4.74 Å². The average Bonchev–Trinajstić information content (AvgIpc) is 2.71. The molecule has 1 saturated heterocycles. The maximum absolute atomic E-state index is 5.86. The molecule has 0 saturated carbocycles. The quantitative estimate of drug-likeness (QED) is 0.704. The lowest BCUT2D eigenvalue weighted by atomic mass is 10.1. The Morgan fingerprint density at radius 2 is 2.36 bits per heavy atom. The van der Waals surface area contributed by atoms with Crippen molar-refractivity contribution in [1.29, 1.82) is 0 Å². The highest BCUT2D eigenvalue weighted by Gasteiger charge is 2.36. The van der Waals surface area contributed by atoms with Crippen molar-refractivity contribution in [1.82, 2.24) is 4.90 Å². The van der Waals surface area contributed by atoms with Gasteiger partial charge in [0.25, 0.3) is 0 Å². The van der Waals surface area contributed by atoms with Gasteiger partial charge in [-0.3, -0.25) is 4.99 Å². The molecule has 4 nitrogen and oxygen atoms in total. The number of hydrogen-bond donors (Lipinski definition) is 1. The fourth-order valence-corrected chi connectivity index (χ4v) is 2.38. The predicted molar refractivity (Wildman–Crippen MR) is 56.2 cm³/mol. The van der Waals surface area contributed by atoms with Crippen molar-refractivity contribution in [3.8, 4) is 0 Å². The van der Waals surface area contributed by atoms with Gasteiger partial charge in [0.1, 0.15) is 0 Å². The Labute approximate surface area is 85.1 Å². The Balaban J connectivity index is 1.99. The van der Waals surface area contributed by atoms with E-state index in [1.165, 1.54) is 6.42 Å². The van der Waals surface area contributed by atoms with Gasteiger partial charge >= 0.3 is 0 Å². The van der Waals surface area contributed by atoms with Gasteiger partial charge in [-0.25, -0.2) is 0 Å². The van der Waals surface area contributed by atoms with Gasteiger partial charge in [-0.1, -0.05) is 0 Å². The molecule has 3 atom stereocenters. The highest BCUT2D eigenvalue weighted by molar-refractivity contribution is 5.80. The average molecular weight is 197 g/mol. The lowest BCUT2D eigenvalue weighted by Gasteiger charge is -2.29. The Hall–Kier alpha value is -0.770. The van der Waals surface area contributed by atoms with Crippen LogP contribution in [0.25, 0.3) is 0 Å². The number of guanidine groups is 1. The number of likely N-dealkylation sites (N-methyl/N-ethyl adjacent to an activating group) is 1. The summed E-state index contributed by atoms with van der Waals surface area (Å²) in [6, 6.07) is 0.380. The van der Waals surface area contributed by atoms with E-state index in [-0.39, 0.29) is 0 Å². The van der Waals surface area contributed by atoms with Crippen molar-refractivity contribution in [3.63, 3.8) is 0 Å². The second-order valence-corrected chi connectivity index (χ2v) is 4.11. The van der Waals surface area contributed by atoms with Crippen LogP contribution in [0.5, 0.6) is 0 Å². The van der Waals surface area contributed by atoms with Crippen LogP contribution in [0.15, 0.2) is 4.99 Å². The second-order valence-electron chi connectivity index (χ2n) is 4.11. The van der Waals surface area contributed by atoms with Gasteiger partial charge in [-0.2, -0.15) is 0 Å². The predicted octanol–water partition coefficient (Wildman–Crippen LogP) is 0.573. The Kier molecular flexibility index (Phi) is 2.63. The van der Waals surface area contributed by atoms with Crippen molar-refractivity contribution in [2.45, 2.75) is 44.9 Å². The molecule has 2 aliphatic rings. The first kappa shape index (κ1) is 9.77. The minimum Gasteiger partial charge on any atom is -0.373 e. The third-order valence-corrected chi connectivity index (χ3v) is 3.17. The fraction of sp³-hybridized carbons (Fsp3) is 0.900. The van der Waals surface area contributed by atoms with Gasteiger partial charge < -0.3 is 15.4 Å². The molecular formula is C10H19N3O. The van der Waals surface area contributed by atoms with Gasteiger partial charge in [-0.15, -0.1) is 0 Å². The SMILES string of the molecule is CCN1C(N)=NCC1C1CCC(C)O1. The summed E-state index contributed by atoms with van der Waals surface area (Å²) >= 11 is 0. The summed E-state index contributed by atoms with van der Waals surface area (Å²) < 4.78 is 5.86. The van der Waals surface area contributed by atoms with Crippen molar-refractivity contribution in [3.05, 3.63) is 0 Å². The molecule has 0 aromatic rings. The summed E-state index contributed by atoms with van der Waals surface area (Å²) in [7, 11) is 0. The molecule has 0 bridgehead atoms. The zero-order valence-corrected chi connectivity index (χ0v) is 8.94. The van der Waals surface area contributed by atoms with Gasteiger partial charge in [-0.05, 0) is 26.7 Å². The lowest BCUT2D eigenvalue weighted by Crippen LogP contribution is -2.46. The number of hydrogen-bond acceptors (Lipinski definition) is 4. The van der Waals surface area contributed by atoms with Crippen LogP contribution in [0.3, 0.4) is 0 Å². The van der Waals surface area contributed by atoms with Crippen molar-refractivity contribution >= 4 is 5.96 Å². The molecule has 0 amide bonds. The molecule has 2 aliphatic heterocycles. The zero-order valence-electron chi connectivity index (χ0n) is 8.94. The van der Waals surface area contributed by atoms with E-state index in [1.807, 2.05) is 0 Å². The van der Waals surface area contributed by atoms with Crippen LogP contribution < -0.4 is 5.73 Å². The summed E-state index contributed by atoms with van der Waals surface area (Å²) in [6.07, 6.45) is 3.04. The van der Waals surface area contributed by atoms with Crippen molar-refractivity contribution in [2.24, 2.45) is 10.7 Å². The first-order valence-corrected chi connectivity index (χ1v) is 5.44. The molecule has 4 heteroatoms. The molecule has 0 spiro atoms. The maximum Gasteiger partial charge on any atom is 0.191 e. The van der Waals surface area contributed by atoms with E-state index in [0.29, 0.717) is 24.2 Å². The minimum atomic E-state index is 0.328. The molecule has 14 heavy (non-hydrogen) atoms. The van der Waals surface area contributed by atoms with E-state index in [0.717, 1.165) is 19.5 Å². The standard InChI is InChI=1S/C10H19N3O/c1-3-13-8(6-12-10(13)11)9-5-4-7(2)14-9/h7-9H,3-6H2,1-2H3,(H2,11,12). The van der Waals surface area contributed by atoms with Gasteiger partial charge in [0, 0.05) is 6.54 Å². The molecule has 3 unspecified atom stereocenters. The van der Waals surface area contributed by atoms with E-state index in [9.17, 15) is 0 Å². The van der Waals surface area contributed by atoms with E-state index in [1.54, 1.807) is 0 Å². The van der Waals surface area contributed by atoms with Crippen LogP contribution in [0.1, 0.15) is 26.7 Å². The van der Waals surface area contributed by atoms with Crippen LogP contribution in [-0.4, -0.2) is 42.2 Å². The number of rotatable bonds is 2. The molecule has 1 fully saturated rings. The third kappa shape index (κ3) is 1.59.